The number of pyridine rings is 1. The lowest BCUT2D eigenvalue weighted by Crippen LogP contribution is -2.00. The van der Waals surface area contributed by atoms with Crippen LogP contribution in [0.1, 0.15) is 18.2 Å². The molecule has 1 aromatic rings. The van der Waals surface area contributed by atoms with Gasteiger partial charge in [0.1, 0.15) is 12.7 Å². The van der Waals surface area contributed by atoms with Gasteiger partial charge in [-0.25, -0.2) is 0 Å². The molecular formula is C9H8N2O2. The van der Waals surface area contributed by atoms with Gasteiger partial charge in [-0.2, -0.15) is 5.26 Å². The second kappa shape index (κ2) is 4.21. The predicted octanol–water partition coefficient (Wildman–Crippen LogP) is 1.02. The van der Waals surface area contributed by atoms with Crippen LogP contribution in [0.2, 0.25) is 0 Å². The molecule has 0 aliphatic carbocycles. The number of nitriles is 1. The molecule has 0 aromatic carbocycles. The molecule has 13 heavy (non-hydrogen) atoms. The van der Waals surface area contributed by atoms with Crippen molar-refractivity contribution < 1.29 is 9.53 Å². The molecular weight excluding hydrogens is 168 g/mol. The van der Waals surface area contributed by atoms with Gasteiger partial charge in [0, 0.05) is 13.1 Å². The van der Waals surface area contributed by atoms with E-state index in [1.807, 2.05) is 6.07 Å². The van der Waals surface area contributed by atoms with Crippen molar-refractivity contribution >= 4 is 5.97 Å². The molecule has 0 bridgehead atoms. The molecule has 4 heteroatoms. The van der Waals surface area contributed by atoms with Gasteiger partial charge in [-0.15, -0.1) is 0 Å². The minimum absolute atomic E-state index is 0.154. The third kappa shape index (κ3) is 2.91. The van der Waals surface area contributed by atoms with Gasteiger partial charge in [-0.3, -0.25) is 9.78 Å². The molecule has 1 heterocycles. The number of hydrogen-bond acceptors (Lipinski definition) is 4. The number of carbonyl (C=O) groups excluding carboxylic acids is 1. The topological polar surface area (TPSA) is 63.0 Å². The van der Waals surface area contributed by atoms with Gasteiger partial charge in [0.25, 0.3) is 0 Å². The average molecular weight is 176 g/mol. The number of hydrogen-bond donors (Lipinski definition) is 0. The molecule has 0 spiro atoms. The monoisotopic (exact) mass is 176 g/mol. The van der Waals surface area contributed by atoms with Crippen molar-refractivity contribution in [2.75, 3.05) is 0 Å². The van der Waals surface area contributed by atoms with Crippen LogP contribution in [0.25, 0.3) is 0 Å². The molecule has 0 N–H and O–H groups in total. The van der Waals surface area contributed by atoms with Gasteiger partial charge >= 0.3 is 5.97 Å². The second-order valence-electron chi connectivity index (χ2n) is 2.43. The number of carbonyl (C=O) groups is 1. The van der Waals surface area contributed by atoms with Crippen LogP contribution < -0.4 is 0 Å². The van der Waals surface area contributed by atoms with Crippen LogP contribution in [0.4, 0.5) is 0 Å². The highest BCUT2D eigenvalue weighted by Crippen LogP contribution is 2.00. The van der Waals surface area contributed by atoms with Crippen LogP contribution in [0.15, 0.2) is 18.3 Å². The maximum absolute atomic E-state index is 10.4. The molecule has 0 unspecified atom stereocenters. The van der Waals surface area contributed by atoms with Crippen molar-refractivity contribution in [1.29, 1.82) is 5.26 Å². The Balaban J connectivity index is 2.60. The van der Waals surface area contributed by atoms with Crippen LogP contribution in [0.5, 0.6) is 0 Å². The number of nitrogens with zero attached hydrogens (tertiary/aromatic N) is 2. The highest BCUT2D eigenvalue weighted by atomic mass is 16.5. The minimum atomic E-state index is -0.342. The van der Waals surface area contributed by atoms with E-state index in [-0.39, 0.29) is 12.6 Å². The van der Waals surface area contributed by atoms with Crippen molar-refractivity contribution in [1.82, 2.24) is 4.98 Å². The van der Waals surface area contributed by atoms with E-state index in [4.69, 9.17) is 10.00 Å². The molecule has 0 fully saturated rings. The molecule has 0 aliphatic heterocycles. The first kappa shape index (κ1) is 9.20. The van der Waals surface area contributed by atoms with E-state index in [1.54, 1.807) is 12.1 Å². The Labute approximate surface area is 75.8 Å². The standard InChI is InChI=1S/C9H8N2O2/c1-7(12)13-6-9-3-2-8(4-10)5-11-9/h2-3,5H,6H2,1H3. The van der Waals surface area contributed by atoms with Crippen molar-refractivity contribution in [3.8, 4) is 6.07 Å². The highest BCUT2D eigenvalue weighted by molar-refractivity contribution is 5.65. The van der Waals surface area contributed by atoms with Gasteiger partial charge in [0.05, 0.1) is 11.3 Å². The van der Waals surface area contributed by atoms with E-state index in [9.17, 15) is 4.79 Å². The lowest BCUT2D eigenvalue weighted by atomic mass is 10.3. The predicted molar refractivity (Wildman–Crippen MR) is 44.4 cm³/mol. The zero-order chi connectivity index (χ0) is 9.68. The van der Waals surface area contributed by atoms with Gasteiger partial charge in [0.2, 0.25) is 0 Å². The molecule has 0 aliphatic rings. The third-order valence-corrected chi connectivity index (χ3v) is 1.38. The van der Waals surface area contributed by atoms with Gasteiger partial charge in [0.15, 0.2) is 0 Å². The number of aromatic nitrogens is 1. The van der Waals surface area contributed by atoms with Gasteiger partial charge < -0.3 is 4.74 Å². The summed E-state index contributed by atoms with van der Waals surface area (Å²) in [6, 6.07) is 5.23. The summed E-state index contributed by atoms with van der Waals surface area (Å²) in [7, 11) is 0. The molecule has 4 nitrogen and oxygen atoms in total. The Bertz CT molecular complexity index is 338. The summed E-state index contributed by atoms with van der Waals surface area (Å²) in [5.74, 6) is -0.342. The number of rotatable bonds is 2. The molecule has 1 rings (SSSR count). The Morgan fingerprint density at radius 2 is 2.46 bits per heavy atom. The van der Waals surface area contributed by atoms with Crippen LogP contribution in [-0.2, 0) is 16.1 Å². The molecule has 0 atom stereocenters. The fourth-order valence-corrected chi connectivity index (χ4v) is 0.752. The van der Waals surface area contributed by atoms with Crippen molar-refractivity contribution in [3.63, 3.8) is 0 Å². The third-order valence-electron chi connectivity index (χ3n) is 1.38. The van der Waals surface area contributed by atoms with Crippen molar-refractivity contribution in [2.45, 2.75) is 13.5 Å². The maximum Gasteiger partial charge on any atom is 0.303 e. The summed E-state index contributed by atoms with van der Waals surface area (Å²) in [5.41, 5.74) is 1.13. The normalized spacial score (nSPS) is 8.92. The van der Waals surface area contributed by atoms with Gasteiger partial charge in [-0.05, 0) is 12.1 Å². The smallest absolute Gasteiger partial charge is 0.303 e. The van der Waals surface area contributed by atoms with E-state index in [1.165, 1.54) is 13.1 Å². The van der Waals surface area contributed by atoms with Crippen LogP contribution in [0.3, 0.4) is 0 Å². The van der Waals surface area contributed by atoms with Crippen LogP contribution in [-0.4, -0.2) is 11.0 Å². The zero-order valence-electron chi connectivity index (χ0n) is 7.15. The second-order valence-corrected chi connectivity index (χ2v) is 2.43. The fourth-order valence-electron chi connectivity index (χ4n) is 0.752. The van der Waals surface area contributed by atoms with E-state index < -0.39 is 0 Å². The van der Waals surface area contributed by atoms with Crippen molar-refractivity contribution in [3.05, 3.63) is 29.6 Å². The number of ether oxygens (including phenoxy) is 1. The average Bonchev–Trinajstić information content (AvgIpc) is 2.15. The fraction of sp³-hybridized carbons (Fsp3) is 0.222. The summed E-state index contributed by atoms with van der Waals surface area (Å²) in [6.45, 7) is 1.49. The summed E-state index contributed by atoms with van der Waals surface area (Å²) >= 11 is 0. The first-order chi connectivity index (χ1) is 6.22. The first-order valence-corrected chi connectivity index (χ1v) is 3.71. The molecule has 1 aromatic heterocycles. The van der Waals surface area contributed by atoms with E-state index >= 15 is 0 Å². The minimum Gasteiger partial charge on any atom is -0.459 e. The highest BCUT2D eigenvalue weighted by Gasteiger charge is 1.97. The Morgan fingerprint density at radius 3 is 2.92 bits per heavy atom. The summed E-state index contributed by atoms with van der Waals surface area (Å²) in [6.07, 6.45) is 1.44. The molecule has 66 valence electrons. The first-order valence-electron chi connectivity index (χ1n) is 3.71. The Morgan fingerprint density at radius 1 is 1.69 bits per heavy atom. The molecule has 0 radical (unpaired) electrons. The van der Waals surface area contributed by atoms with E-state index in [2.05, 4.69) is 4.98 Å². The summed E-state index contributed by atoms with van der Waals surface area (Å²) in [5, 5.41) is 8.47. The largest absolute Gasteiger partial charge is 0.459 e. The van der Waals surface area contributed by atoms with Crippen molar-refractivity contribution in [2.24, 2.45) is 0 Å². The van der Waals surface area contributed by atoms with Crippen LogP contribution >= 0.6 is 0 Å². The van der Waals surface area contributed by atoms with E-state index in [0.717, 1.165) is 0 Å². The quantitative estimate of drug-likeness (QED) is 0.631. The lowest BCUT2D eigenvalue weighted by Gasteiger charge is -1.99. The number of esters is 1. The maximum atomic E-state index is 10.4. The molecule has 0 amide bonds. The summed E-state index contributed by atoms with van der Waals surface area (Å²) < 4.78 is 4.72. The SMILES string of the molecule is CC(=O)OCc1ccc(C#N)cn1. The van der Waals surface area contributed by atoms with Crippen LogP contribution in [0, 0.1) is 11.3 Å². The lowest BCUT2D eigenvalue weighted by molar-refractivity contribution is -0.142. The Kier molecular flexibility index (Phi) is 2.98. The van der Waals surface area contributed by atoms with E-state index in [0.29, 0.717) is 11.3 Å². The van der Waals surface area contributed by atoms with Gasteiger partial charge in [-0.1, -0.05) is 0 Å². The molecule has 0 saturated carbocycles. The zero-order valence-corrected chi connectivity index (χ0v) is 7.15. The summed E-state index contributed by atoms with van der Waals surface area (Å²) in [4.78, 5) is 14.4. The Hall–Kier alpha value is -1.89. The molecule has 0 saturated heterocycles.